The van der Waals surface area contributed by atoms with Crippen molar-refractivity contribution in [1.82, 2.24) is 5.32 Å². The first kappa shape index (κ1) is 22.8. The van der Waals surface area contributed by atoms with Crippen LogP contribution >= 0.6 is 0 Å². The number of rotatable bonds is 8. The monoisotopic (exact) mass is 435 g/mol. The summed E-state index contributed by atoms with van der Waals surface area (Å²) in [6.07, 6.45) is -2.38. The molecule has 5 nitrogen and oxygen atoms in total. The minimum Gasteiger partial charge on any atom is -0.478 e. The SMILES string of the molecule is C[C@H](NC(=O)C(OCc1ccc(C(F)(F)F)cc1)C1CCC1)c1ccc(C(=O)O)cc1. The van der Waals surface area contributed by atoms with Crippen LogP contribution in [0.1, 0.15) is 59.3 Å². The van der Waals surface area contributed by atoms with Crippen LogP contribution in [0, 0.1) is 5.92 Å². The fourth-order valence-corrected chi connectivity index (χ4v) is 3.44. The van der Waals surface area contributed by atoms with E-state index in [1.165, 1.54) is 24.3 Å². The van der Waals surface area contributed by atoms with Gasteiger partial charge in [-0.15, -0.1) is 0 Å². The number of amides is 1. The summed E-state index contributed by atoms with van der Waals surface area (Å²) >= 11 is 0. The van der Waals surface area contributed by atoms with Gasteiger partial charge < -0.3 is 15.2 Å². The number of aromatic carboxylic acids is 1. The van der Waals surface area contributed by atoms with Gasteiger partial charge in [0.15, 0.2) is 0 Å². The van der Waals surface area contributed by atoms with E-state index in [0.29, 0.717) is 5.56 Å². The molecule has 2 aromatic carbocycles. The number of benzene rings is 2. The van der Waals surface area contributed by atoms with Crippen molar-refractivity contribution in [3.8, 4) is 0 Å². The van der Waals surface area contributed by atoms with Crippen LogP contribution in [0.25, 0.3) is 0 Å². The van der Waals surface area contributed by atoms with E-state index in [2.05, 4.69) is 5.32 Å². The average Bonchev–Trinajstić information content (AvgIpc) is 2.69. The lowest BCUT2D eigenvalue weighted by atomic mass is 9.80. The summed E-state index contributed by atoms with van der Waals surface area (Å²) in [5.41, 5.74) is 0.748. The zero-order valence-electron chi connectivity index (χ0n) is 17.0. The van der Waals surface area contributed by atoms with Gasteiger partial charge in [0, 0.05) is 0 Å². The average molecular weight is 435 g/mol. The zero-order valence-corrected chi connectivity index (χ0v) is 17.0. The molecule has 3 rings (SSSR count). The maximum atomic E-state index is 12.9. The number of halogens is 3. The Morgan fingerprint density at radius 1 is 1.10 bits per heavy atom. The number of carboxylic acids is 1. The minimum absolute atomic E-state index is 0.0361. The van der Waals surface area contributed by atoms with Crippen LogP contribution in [0.4, 0.5) is 13.2 Å². The summed E-state index contributed by atoms with van der Waals surface area (Å²) in [5.74, 6) is -1.24. The van der Waals surface area contributed by atoms with Crippen molar-refractivity contribution < 1.29 is 32.6 Å². The molecule has 2 aromatic rings. The van der Waals surface area contributed by atoms with Gasteiger partial charge in [0.25, 0.3) is 0 Å². The third-order valence-corrected chi connectivity index (χ3v) is 5.56. The highest BCUT2D eigenvalue weighted by atomic mass is 19.4. The molecule has 0 bridgehead atoms. The predicted octanol–water partition coefficient (Wildman–Crippen LogP) is 4.97. The quantitative estimate of drug-likeness (QED) is 0.614. The summed E-state index contributed by atoms with van der Waals surface area (Å²) in [6.45, 7) is 1.83. The maximum Gasteiger partial charge on any atom is 0.416 e. The first-order chi connectivity index (χ1) is 14.6. The second-order valence-corrected chi connectivity index (χ2v) is 7.77. The summed E-state index contributed by atoms with van der Waals surface area (Å²) in [7, 11) is 0. The number of alkyl halides is 3. The Hall–Kier alpha value is -2.87. The Kier molecular flexibility index (Phi) is 7.00. The molecule has 1 aliphatic rings. The lowest BCUT2D eigenvalue weighted by molar-refractivity contribution is -0.141. The maximum absolute atomic E-state index is 12.9. The number of ether oxygens (including phenoxy) is 1. The Bertz CT molecular complexity index is 906. The molecule has 8 heteroatoms. The van der Waals surface area contributed by atoms with Crippen molar-refractivity contribution in [2.75, 3.05) is 0 Å². The number of hydrogen-bond acceptors (Lipinski definition) is 3. The van der Waals surface area contributed by atoms with Crippen LogP contribution in [-0.2, 0) is 22.3 Å². The highest BCUT2D eigenvalue weighted by Crippen LogP contribution is 2.33. The van der Waals surface area contributed by atoms with Gasteiger partial charge in [0.1, 0.15) is 6.10 Å². The molecule has 0 spiro atoms. The third kappa shape index (κ3) is 5.85. The van der Waals surface area contributed by atoms with Crippen molar-refractivity contribution >= 4 is 11.9 Å². The smallest absolute Gasteiger partial charge is 0.416 e. The van der Waals surface area contributed by atoms with Gasteiger partial charge in [-0.1, -0.05) is 30.7 Å². The van der Waals surface area contributed by atoms with Gasteiger partial charge in [-0.05, 0) is 61.1 Å². The van der Waals surface area contributed by atoms with Crippen LogP contribution in [0.15, 0.2) is 48.5 Å². The van der Waals surface area contributed by atoms with Gasteiger partial charge in [0.2, 0.25) is 5.91 Å². The summed E-state index contributed by atoms with van der Waals surface area (Å²) in [4.78, 5) is 23.8. The first-order valence-electron chi connectivity index (χ1n) is 10.1. The van der Waals surface area contributed by atoms with Crippen LogP contribution < -0.4 is 5.32 Å². The molecule has 1 fully saturated rings. The summed E-state index contributed by atoms with van der Waals surface area (Å²) in [5, 5.41) is 11.9. The lowest BCUT2D eigenvalue weighted by Gasteiger charge is -2.33. The molecule has 0 aromatic heterocycles. The predicted molar refractivity (Wildman–Crippen MR) is 107 cm³/mol. The lowest BCUT2D eigenvalue weighted by Crippen LogP contribution is -2.44. The fourth-order valence-electron chi connectivity index (χ4n) is 3.44. The standard InChI is InChI=1S/C23H24F3NO4/c1-14(16-7-9-18(10-8-16)22(29)30)27-21(28)20(17-3-2-4-17)31-13-15-5-11-19(12-6-15)23(24,25)26/h5-12,14,17,20H,2-4,13H2,1H3,(H,27,28)(H,29,30)/t14-,20?/m0/s1. The van der Waals surface area contributed by atoms with Gasteiger partial charge >= 0.3 is 12.1 Å². The third-order valence-electron chi connectivity index (χ3n) is 5.56. The number of carbonyl (C=O) groups is 2. The minimum atomic E-state index is -4.40. The Labute approximate surface area is 178 Å². The van der Waals surface area contributed by atoms with Crippen molar-refractivity contribution in [2.24, 2.45) is 5.92 Å². The molecular formula is C23H24F3NO4. The van der Waals surface area contributed by atoms with Crippen molar-refractivity contribution in [3.63, 3.8) is 0 Å². The fraction of sp³-hybridized carbons (Fsp3) is 0.391. The molecule has 1 saturated carbocycles. The van der Waals surface area contributed by atoms with Gasteiger partial charge in [-0.3, -0.25) is 4.79 Å². The molecule has 1 aliphatic carbocycles. The first-order valence-corrected chi connectivity index (χ1v) is 10.1. The number of carboxylic acid groups (broad SMARTS) is 1. The second kappa shape index (κ2) is 9.51. The van der Waals surface area contributed by atoms with E-state index in [4.69, 9.17) is 9.84 Å². The van der Waals surface area contributed by atoms with E-state index < -0.39 is 23.8 Å². The molecule has 166 valence electrons. The van der Waals surface area contributed by atoms with Crippen LogP contribution in [-0.4, -0.2) is 23.1 Å². The van der Waals surface area contributed by atoms with E-state index in [9.17, 15) is 22.8 Å². The normalized spacial score (nSPS) is 16.3. The van der Waals surface area contributed by atoms with Crippen LogP contribution in [0.2, 0.25) is 0 Å². The molecule has 31 heavy (non-hydrogen) atoms. The molecule has 2 N–H and O–H groups in total. The molecule has 2 atom stereocenters. The largest absolute Gasteiger partial charge is 0.478 e. The highest BCUT2D eigenvalue weighted by Gasteiger charge is 2.34. The van der Waals surface area contributed by atoms with E-state index in [0.717, 1.165) is 37.0 Å². The number of hydrogen-bond donors (Lipinski definition) is 2. The Morgan fingerprint density at radius 3 is 2.19 bits per heavy atom. The summed E-state index contributed by atoms with van der Waals surface area (Å²) < 4.78 is 44.0. The van der Waals surface area contributed by atoms with Crippen LogP contribution in [0.3, 0.4) is 0 Å². The van der Waals surface area contributed by atoms with Gasteiger partial charge in [0.05, 0.1) is 23.8 Å². The Balaban J connectivity index is 1.62. The van der Waals surface area contributed by atoms with E-state index in [1.54, 1.807) is 19.1 Å². The topological polar surface area (TPSA) is 75.6 Å². The van der Waals surface area contributed by atoms with Crippen molar-refractivity contribution in [3.05, 3.63) is 70.8 Å². The van der Waals surface area contributed by atoms with Crippen LogP contribution in [0.5, 0.6) is 0 Å². The second-order valence-electron chi connectivity index (χ2n) is 7.77. The highest BCUT2D eigenvalue weighted by molar-refractivity contribution is 5.87. The Morgan fingerprint density at radius 2 is 1.71 bits per heavy atom. The molecule has 0 radical (unpaired) electrons. The van der Waals surface area contributed by atoms with E-state index in [1.807, 2.05) is 0 Å². The number of carbonyl (C=O) groups excluding carboxylic acids is 1. The zero-order chi connectivity index (χ0) is 22.6. The molecule has 0 saturated heterocycles. The summed E-state index contributed by atoms with van der Waals surface area (Å²) in [6, 6.07) is 10.6. The van der Waals surface area contributed by atoms with Gasteiger partial charge in [-0.25, -0.2) is 4.79 Å². The number of nitrogens with one attached hydrogen (secondary N) is 1. The van der Waals surface area contributed by atoms with Crippen molar-refractivity contribution in [2.45, 2.75) is 51.1 Å². The molecule has 0 aliphatic heterocycles. The molecule has 0 heterocycles. The molecule has 1 amide bonds. The van der Waals surface area contributed by atoms with Gasteiger partial charge in [-0.2, -0.15) is 13.2 Å². The van der Waals surface area contributed by atoms with Crippen molar-refractivity contribution in [1.29, 1.82) is 0 Å². The molecule has 1 unspecified atom stereocenters. The molecular weight excluding hydrogens is 411 g/mol. The van der Waals surface area contributed by atoms with E-state index in [-0.39, 0.29) is 30.0 Å². The van der Waals surface area contributed by atoms with E-state index >= 15 is 0 Å².